The summed E-state index contributed by atoms with van der Waals surface area (Å²) in [5.74, 6) is -0.159. The van der Waals surface area contributed by atoms with Crippen LogP contribution in [-0.2, 0) is 9.84 Å². The molecule has 5 heteroatoms. The van der Waals surface area contributed by atoms with Crippen LogP contribution in [0.5, 0.6) is 0 Å². The Morgan fingerprint density at radius 1 is 1.05 bits per heavy atom. The highest BCUT2D eigenvalue weighted by Crippen LogP contribution is 2.62. The van der Waals surface area contributed by atoms with Crippen LogP contribution in [0, 0.1) is 10.8 Å². The average molecular weight is 295 g/mol. The van der Waals surface area contributed by atoms with Crippen LogP contribution in [-0.4, -0.2) is 26.6 Å². The molecule has 0 saturated heterocycles. The summed E-state index contributed by atoms with van der Waals surface area (Å²) in [6.45, 7) is 8.52. The fraction of sp³-hybridized carbons (Fsp3) is 0.533. The van der Waals surface area contributed by atoms with E-state index in [4.69, 9.17) is 0 Å². The van der Waals surface area contributed by atoms with Crippen LogP contribution in [0.3, 0.4) is 0 Å². The van der Waals surface area contributed by atoms with Gasteiger partial charge in [-0.25, -0.2) is 8.42 Å². The molecule has 0 aromatic heterocycles. The van der Waals surface area contributed by atoms with Crippen LogP contribution in [0.2, 0.25) is 0 Å². The van der Waals surface area contributed by atoms with Crippen LogP contribution in [0.25, 0.3) is 0 Å². The second-order valence-electron chi connectivity index (χ2n) is 6.65. The summed E-state index contributed by atoms with van der Waals surface area (Å²) in [5, 5.41) is 3.02. The highest BCUT2D eigenvalue weighted by molar-refractivity contribution is 7.90. The van der Waals surface area contributed by atoms with Gasteiger partial charge in [0.1, 0.15) is 0 Å². The molecule has 0 bridgehead atoms. The molecule has 1 aliphatic carbocycles. The predicted octanol–water partition coefficient (Wildman–Crippen LogP) is 2.25. The van der Waals surface area contributed by atoms with Crippen LogP contribution < -0.4 is 5.32 Å². The van der Waals surface area contributed by atoms with E-state index in [9.17, 15) is 13.2 Å². The Balaban J connectivity index is 2.12. The molecule has 4 nitrogen and oxygen atoms in total. The first kappa shape index (κ1) is 15.0. The molecule has 1 aromatic carbocycles. The van der Waals surface area contributed by atoms with Gasteiger partial charge in [0.2, 0.25) is 0 Å². The fourth-order valence-electron chi connectivity index (χ4n) is 2.63. The lowest BCUT2D eigenvalue weighted by atomic mass is 10.0. The maximum Gasteiger partial charge on any atom is 0.251 e. The van der Waals surface area contributed by atoms with E-state index in [0.717, 1.165) is 6.26 Å². The summed E-state index contributed by atoms with van der Waals surface area (Å²) in [5.41, 5.74) is 0.640. The van der Waals surface area contributed by atoms with Gasteiger partial charge in [0.15, 0.2) is 9.84 Å². The van der Waals surface area contributed by atoms with E-state index >= 15 is 0 Å². The third-order valence-corrected chi connectivity index (χ3v) is 5.97. The summed E-state index contributed by atoms with van der Waals surface area (Å²) in [7, 11) is -3.22. The fourth-order valence-corrected chi connectivity index (χ4v) is 3.26. The van der Waals surface area contributed by atoms with Crippen LogP contribution in [0.1, 0.15) is 38.1 Å². The average Bonchev–Trinajstić information content (AvgIpc) is 2.71. The van der Waals surface area contributed by atoms with Gasteiger partial charge < -0.3 is 5.32 Å². The predicted molar refractivity (Wildman–Crippen MR) is 78.4 cm³/mol. The number of sulfone groups is 1. The lowest BCUT2D eigenvalue weighted by molar-refractivity contribution is 0.0943. The molecule has 1 fully saturated rings. The number of rotatable bonds is 3. The quantitative estimate of drug-likeness (QED) is 0.930. The first-order valence-electron chi connectivity index (χ1n) is 6.59. The van der Waals surface area contributed by atoms with E-state index in [1.165, 1.54) is 12.1 Å². The van der Waals surface area contributed by atoms with Gasteiger partial charge in [0.05, 0.1) is 4.90 Å². The second-order valence-corrected chi connectivity index (χ2v) is 8.66. The summed E-state index contributed by atoms with van der Waals surface area (Å²) in [4.78, 5) is 12.4. The SMILES string of the molecule is CC1(C)C(NC(=O)c2ccc(S(C)(=O)=O)cc2)C1(C)C. The van der Waals surface area contributed by atoms with Gasteiger partial charge in [0.25, 0.3) is 5.91 Å². The zero-order chi connectivity index (χ0) is 15.3. The van der Waals surface area contributed by atoms with Crippen molar-refractivity contribution in [2.75, 3.05) is 6.26 Å². The normalized spacial score (nSPS) is 20.4. The number of carbonyl (C=O) groups is 1. The van der Waals surface area contributed by atoms with E-state index in [1.807, 2.05) is 0 Å². The molecule has 0 heterocycles. The molecule has 110 valence electrons. The second kappa shape index (κ2) is 4.32. The molecular formula is C15H21NO3S. The first-order chi connectivity index (χ1) is 8.98. The van der Waals surface area contributed by atoms with E-state index in [-0.39, 0.29) is 27.7 Å². The molecular weight excluding hydrogens is 274 g/mol. The van der Waals surface area contributed by atoms with E-state index in [0.29, 0.717) is 5.56 Å². The molecule has 20 heavy (non-hydrogen) atoms. The summed E-state index contributed by atoms with van der Waals surface area (Å²) in [6.07, 6.45) is 1.15. The van der Waals surface area contributed by atoms with Crippen LogP contribution in [0.4, 0.5) is 0 Å². The Bertz CT molecular complexity index is 628. The molecule has 0 unspecified atom stereocenters. The van der Waals surface area contributed by atoms with Crippen molar-refractivity contribution in [1.29, 1.82) is 0 Å². The minimum atomic E-state index is -3.22. The molecule has 2 rings (SSSR count). The molecule has 1 aliphatic rings. The molecule has 0 radical (unpaired) electrons. The Morgan fingerprint density at radius 2 is 1.50 bits per heavy atom. The zero-order valence-corrected chi connectivity index (χ0v) is 13.3. The number of nitrogens with one attached hydrogen (secondary N) is 1. The summed E-state index contributed by atoms with van der Waals surface area (Å²) < 4.78 is 22.7. The monoisotopic (exact) mass is 295 g/mol. The topological polar surface area (TPSA) is 63.2 Å². The number of hydrogen-bond donors (Lipinski definition) is 1. The van der Waals surface area contributed by atoms with E-state index in [2.05, 4.69) is 33.0 Å². The molecule has 1 N–H and O–H groups in total. The minimum Gasteiger partial charge on any atom is -0.348 e. The lowest BCUT2D eigenvalue weighted by Crippen LogP contribution is -2.29. The molecule has 0 spiro atoms. The Kier molecular flexibility index (Phi) is 3.25. The van der Waals surface area contributed by atoms with E-state index in [1.54, 1.807) is 12.1 Å². The smallest absolute Gasteiger partial charge is 0.251 e. The standard InChI is InChI=1S/C15H21NO3S/c1-14(2)13(15(14,3)4)16-12(17)10-6-8-11(9-7-10)20(5,18)19/h6-9,13H,1-5H3,(H,16,17). The number of amides is 1. The first-order valence-corrected chi connectivity index (χ1v) is 8.48. The van der Waals surface area contributed by atoms with Crippen molar-refractivity contribution >= 4 is 15.7 Å². The van der Waals surface area contributed by atoms with Crippen molar-refractivity contribution < 1.29 is 13.2 Å². The third-order valence-electron chi connectivity index (χ3n) is 4.84. The molecule has 0 atom stereocenters. The Labute approximate surface area is 120 Å². The van der Waals surface area contributed by atoms with Crippen molar-refractivity contribution in [2.24, 2.45) is 10.8 Å². The summed E-state index contributed by atoms with van der Waals surface area (Å²) in [6, 6.07) is 6.17. The van der Waals surface area contributed by atoms with Gasteiger partial charge in [-0.05, 0) is 35.1 Å². The Hall–Kier alpha value is -1.36. The van der Waals surface area contributed by atoms with Crippen molar-refractivity contribution in [3.8, 4) is 0 Å². The highest BCUT2D eigenvalue weighted by Gasteiger charge is 2.65. The van der Waals surface area contributed by atoms with Gasteiger partial charge in [-0.3, -0.25) is 4.79 Å². The lowest BCUT2D eigenvalue weighted by Gasteiger charge is -2.07. The van der Waals surface area contributed by atoms with Gasteiger partial charge >= 0.3 is 0 Å². The molecule has 0 aliphatic heterocycles. The molecule has 1 saturated carbocycles. The van der Waals surface area contributed by atoms with E-state index < -0.39 is 9.84 Å². The van der Waals surface area contributed by atoms with Crippen molar-refractivity contribution in [1.82, 2.24) is 5.32 Å². The summed E-state index contributed by atoms with van der Waals surface area (Å²) >= 11 is 0. The zero-order valence-electron chi connectivity index (χ0n) is 12.5. The van der Waals surface area contributed by atoms with Crippen molar-refractivity contribution in [3.63, 3.8) is 0 Å². The van der Waals surface area contributed by atoms with Gasteiger partial charge in [-0.15, -0.1) is 0 Å². The maximum absolute atomic E-state index is 12.2. The number of benzene rings is 1. The third kappa shape index (κ3) is 2.35. The molecule has 1 amide bonds. The van der Waals surface area contributed by atoms with Crippen molar-refractivity contribution in [2.45, 2.75) is 38.6 Å². The largest absolute Gasteiger partial charge is 0.348 e. The maximum atomic E-state index is 12.2. The van der Waals surface area contributed by atoms with Gasteiger partial charge in [-0.2, -0.15) is 0 Å². The van der Waals surface area contributed by atoms with Crippen LogP contribution >= 0.6 is 0 Å². The minimum absolute atomic E-state index is 0.0787. The van der Waals surface area contributed by atoms with Crippen LogP contribution in [0.15, 0.2) is 29.2 Å². The van der Waals surface area contributed by atoms with Gasteiger partial charge in [0, 0.05) is 17.9 Å². The molecule has 1 aromatic rings. The highest BCUT2D eigenvalue weighted by atomic mass is 32.2. The Morgan fingerprint density at radius 3 is 1.85 bits per heavy atom. The number of carbonyl (C=O) groups excluding carboxylic acids is 1. The van der Waals surface area contributed by atoms with Crippen molar-refractivity contribution in [3.05, 3.63) is 29.8 Å². The number of hydrogen-bond acceptors (Lipinski definition) is 3. The van der Waals surface area contributed by atoms with Gasteiger partial charge in [-0.1, -0.05) is 27.7 Å².